The summed E-state index contributed by atoms with van der Waals surface area (Å²) in [5, 5.41) is 0. The minimum Gasteiger partial charge on any atom is -0.424 e. The normalized spacial score (nSPS) is 10.0. The van der Waals surface area contributed by atoms with Gasteiger partial charge in [-0.15, -0.1) is 6.58 Å². The van der Waals surface area contributed by atoms with Crippen molar-refractivity contribution in [3.8, 4) is 0 Å². The average Bonchev–Trinajstić information content (AvgIpc) is 2.09. The molecule has 12 heavy (non-hydrogen) atoms. The molecule has 0 heterocycles. The quantitative estimate of drug-likeness (QED) is 0.497. The lowest BCUT2D eigenvalue weighted by Crippen LogP contribution is -1.94. The van der Waals surface area contributed by atoms with E-state index in [9.17, 15) is 0 Å². The van der Waals surface area contributed by atoms with Crippen molar-refractivity contribution in [3.05, 3.63) is 48.0 Å². The predicted molar refractivity (Wildman–Crippen MR) is 55.1 cm³/mol. The van der Waals surface area contributed by atoms with Crippen LogP contribution < -0.4 is 0 Å². The van der Waals surface area contributed by atoms with Gasteiger partial charge in [-0.1, -0.05) is 30.3 Å². The van der Waals surface area contributed by atoms with Crippen molar-refractivity contribution in [2.45, 2.75) is 13.0 Å². The fourth-order valence-corrected chi connectivity index (χ4v) is 1.52. The summed E-state index contributed by atoms with van der Waals surface area (Å²) in [6.45, 7) is 4.47. The van der Waals surface area contributed by atoms with Gasteiger partial charge in [-0.3, -0.25) is 0 Å². The van der Waals surface area contributed by atoms with Crippen molar-refractivity contribution in [2.24, 2.45) is 0 Å². The first-order chi connectivity index (χ1) is 5.88. The van der Waals surface area contributed by atoms with Gasteiger partial charge < -0.3 is 4.43 Å². The molecular formula is C10H14OSi. The zero-order valence-corrected chi connectivity index (χ0v) is 9.42. The van der Waals surface area contributed by atoms with Crippen LogP contribution in [0, 0.1) is 0 Å². The van der Waals surface area contributed by atoms with E-state index in [-0.39, 0.29) is 0 Å². The van der Waals surface area contributed by atoms with E-state index in [2.05, 4.69) is 24.8 Å². The molecule has 0 saturated heterocycles. The van der Waals surface area contributed by atoms with Gasteiger partial charge in [0, 0.05) is 0 Å². The second-order valence-electron chi connectivity index (χ2n) is 2.69. The third-order valence-corrected chi connectivity index (χ3v) is 2.07. The van der Waals surface area contributed by atoms with Crippen LogP contribution in [0.25, 0.3) is 0 Å². The van der Waals surface area contributed by atoms with E-state index >= 15 is 0 Å². The number of hydrogen-bond acceptors (Lipinski definition) is 1. The summed E-state index contributed by atoms with van der Waals surface area (Å²) >= 11 is 0. The fourth-order valence-electron chi connectivity index (χ4n) is 1.21. The molecule has 0 saturated carbocycles. The largest absolute Gasteiger partial charge is 0.424 e. The van der Waals surface area contributed by atoms with Crippen molar-refractivity contribution >= 4 is 10.5 Å². The van der Waals surface area contributed by atoms with E-state index in [1.165, 1.54) is 11.1 Å². The Morgan fingerprint density at radius 3 is 2.58 bits per heavy atom. The van der Waals surface area contributed by atoms with E-state index in [1.807, 2.05) is 12.1 Å². The number of allylic oxidation sites excluding steroid dienone is 1. The van der Waals surface area contributed by atoms with Crippen LogP contribution in [0.1, 0.15) is 11.1 Å². The second-order valence-corrected chi connectivity index (χ2v) is 3.27. The Kier molecular flexibility index (Phi) is 3.77. The topological polar surface area (TPSA) is 9.23 Å². The summed E-state index contributed by atoms with van der Waals surface area (Å²) in [5.41, 5.74) is 2.61. The van der Waals surface area contributed by atoms with Gasteiger partial charge >= 0.3 is 0 Å². The monoisotopic (exact) mass is 178 g/mol. The highest BCUT2D eigenvalue weighted by Gasteiger charge is 1.97. The van der Waals surface area contributed by atoms with Crippen LogP contribution in [-0.4, -0.2) is 10.5 Å². The minimum atomic E-state index is 0.746. The Morgan fingerprint density at radius 2 is 2.00 bits per heavy atom. The molecule has 2 heteroatoms. The summed E-state index contributed by atoms with van der Waals surface area (Å²) in [5.74, 6) is 0. The van der Waals surface area contributed by atoms with Crippen LogP contribution >= 0.6 is 0 Å². The Bertz CT molecular complexity index is 258. The van der Waals surface area contributed by atoms with E-state index in [1.54, 1.807) is 0 Å². The van der Waals surface area contributed by atoms with Gasteiger partial charge in [0.15, 0.2) is 0 Å². The summed E-state index contributed by atoms with van der Waals surface area (Å²) < 4.78 is 5.22. The van der Waals surface area contributed by atoms with Crippen LogP contribution in [0.2, 0.25) is 0 Å². The minimum absolute atomic E-state index is 0.746. The Hall–Kier alpha value is -0.863. The summed E-state index contributed by atoms with van der Waals surface area (Å²) in [6.07, 6.45) is 2.85. The molecule has 64 valence electrons. The highest BCUT2D eigenvalue weighted by atomic mass is 28.2. The van der Waals surface area contributed by atoms with Gasteiger partial charge in [-0.25, -0.2) is 0 Å². The molecule has 0 radical (unpaired) electrons. The molecule has 0 N–H and O–H groups in total. The molecule has 1 rings (SSSR count). The third-order valence-electron chi connectivity index (χ3n) is 1.78. The van der Waals surface area contributed by atoms with E-state index < -0.39 is 0 Å². The lowest BCUT2D eigenvalue weighted by atomic mass is 10.1. The van der Waals surface area contributed by atoms with Crippen molar-refractivity contribution in [1.29, 1.82) is 0 Å². The summed E-state index contributed by atoms with van der Waals surface area (Å²) in [4.78, 5) is 0. The Labute approximate surface area is 76.6 Å². The lowest BCUT2D eigenvalue weighted by Gasteiger charge is -2.05. The zero-order chi connectivity index (χ0) is 8.81. The molecule has 1 aromatic carbocycles. The molecule has 0 aliphatic heterocycles. The van der Waals surface area contributed by atoms with Crippen LogP contribution in [0.5, 0.6) is 0 Å². The maximum absolute atomic E-state index is 5.22. The molecule has 0 atom stereocenters. The molecule has 0 aliphatic carbocycles. The highest BCUT2D eigenvalue weighted by Crippen LogP contribution is 2.10. The van der Waals surface area contributed by atoms with Gasteiger partial charge in [0.25, 0.3) is 0 Å². The van der Waals surface area contributed by atoms with Gasteiger partial charge in [-0.2, -0.15) is 0 Å². The molecule has 0 spiro atoms. The Morgan fingerprint density at radius 1 is 1.33 bits per heavy atom. The summed E-state index contributed by atoms with van der Waals surface area (Å²) in [6, 6.07) is 8.33. The molecule has 0 amide bonds. The number of hydrogen-bond donors (Lipinski definition) is 0. The summed E-state index contributed by atoms with van der Waals surface area (Å²) in [7, 11) is 0.800. The average molecular weight is 178 g/mol. The number of benzene rings is 1. The van der Waals surface area contributed by atoms with E-state index in [0.717, 1.165) is 23.5 Å². The van der Waals surface area contributed by atoms with Gasteiger partial charge in [0.05, 0.1) is 6.61 Å². The SMILES string of the molecule is C=CCc1ccccc1CO[SiH3]. The van der Waals surface area contributed by atoms with E-state index in [0.29, 0.717) is 0 Å². The lowest BCUT2D eigenvalue weighted by molar-refractivity contribution is 0.337. The van der Waals surface area contributed by atoms with Crippen LogP contribution in [0.3, 0.4) is 0 Å². The Balaban J connectivity index is 2.83. The second kappa shape index (κ2) is 4.90. The third kappa shape index (κ3) is 2.32. The number of rotatable bonds is 4. The van der Waals surface area contributed by atoms with Crippen molar-refractivity contribution in [3.63, 3.8) is 0 Å². The molecular weight excluding hydrogens is 164 g/mol. The predicted octanol–water partition coefficient (Wildman–Crippen LogP) is 1.21. The fraction of sp³-hybridized carbons (Fsp3) is 0.200. The molecule has 0 aromatic heterocycles. The van der Waals surface area contributed by atoms with Crippen LogP contribution in [-0.2, 0) is 17.5 Å². The van der Waals surface area contributed by atoms with Crippen LogP contribution in [0.15, 0.2) is 36.9 Å². The first kappa shape index (κ1) is 9.23. The standard InChI is InChI=1S/C10H14OSi/c1-2-5-9-6-3-4-7-10(9)8-11-12/h2-4,6-7H,1,5,8H2,12H3. The maximum atomic E-state index is 5.22. The van der Waals surface area contributed by atoms with Gasteiger partial charge in [-0.05, 0) is 17.5 Å². The van der Waals surface area contributed by atoms with Gasteiger partial charge in [0.2, 0.25) is 0 Å². The maximum Gasteiger partial charge on any atom is 0.146 e. The molecule has 0 fully saturated rings. The van der Waals surface area contributed by atoms with Crippen molar-refractivity contribution in [2.75, 3.05) is 0 Å². The highest BCUT2D eigenvalue weighted by molar-refractivity contribution is 5.97. The van der Waals surface area contributed by atoms with Crippen molar-refractivity contribution < 1.29 is 4.43 Å². The molecule has 0 bridgehead atoms. The first-order valence-electron chi connectivity index (χ1n) is 4.05. The molecule has 1 aromatic rings. The van der Waals surface area contributed by atoms with Crippen LogP contribution in [0.4, 0.5) is 0 Å². The smallest absolute Gasteiger partial charge is 0.146 e. The van der Waals surface area contributed by atoms with E-state index in [4.69, 9.17) is 4.43 Å². The molecule has 0 aliphatic rings. The zero-order valence-electron chi connectivity index (χ0n) is 7.42. The van der Waals surface area contributed by atoms with Crippen molar-refractivity contribution in [1.82, 2.24) is 0 Å². The first-order valence-corrected chi connectivity index (χ1v) is 4.86. The molecule has 0 unspecified atom stereocenters. The molecule has 1 nitrogen and oxygen atoms in total. The van der Waals surface area contributed by atoms with Gasteiger partial charge in [0.1, 0.15) is 10.5 Å².